The molecule has 2 aromatic rings. The van der Waals surface area contributed by atoms with Gasteiger partial charge in [0.15, 0.2) is 0 Å². The number of furan rings is 1. The Morgan fingerprint density at radius 2 is 2.33 bits per heavy atom. The molecular formula is C12H15NOS. The summed E-state index contributed by atoms with van der Waals surface area (Å²) in [4.78, 5) is 1.33. The molecule has 0 saturated heterocycles. The van der Waals surface area contributed by atoms with Crippen molar-refractivity contribution >= 4 is 11.3 Å². The highest BCUT2D eigenvalue weighted by atomic mass is 32.1. The van der Waals surface area contributed by atoms with E-state index in [1.165, 1.54) is 16.0 Å². The van der Waals surface area contributed by atoms with E-state index >= 15 is 0 Å². The van der Waals surface area contributed by atoms with E-state index in [2.05, 4.69) is 30.6 Å². The molecule has 80 valence electrons. The van der Waals surface area contributed by atoms with Crippen molar-refractivity contribution in [2.24, 2.45) is 0 Å². The van der Waals surface area contributed by atoms with Gasteiger partial charge in [-0.2, -0.15) is 0 Å². The minimum absolute atomic E-state index is 0.799. The summed E-state index contributed by atoms with van der Waals surface area (Å²) >= 11 is 1.77. The molecule has 0 aliphatic heterocycles. The molecule has 0 aromatic carbocycles. The highest BCUT2D eigenvalue weighted by molar-refractivity contribution is 7.10. The van der Waals surface area contributed by atoms with E-state index in [4.69, 9.17) is 4.42 Å². The average molecular weight is 221 g/mol. The Balaban J connectivity index is 2.24. The predicted molar refractivity (Wildman–Crippen MR) is 64.1 cm³/mol. The van der Waals surface area contributed by atoms with Crippen molar-refractivity contribution < 1.29 is 4.42 Å². The predicted octanol–water partition coefficient (Wildman–Crippen LogP) is 3.43. The van der Waals surface area contributed by atoms with Crippen molar-refractivity contribution in [3.63, 3.8) is 0 Å². The first-order valence-electron chi connectivity index (χ1n) is 5.14. The van der Waals surface area contributed by atoms with Gasteiger partial charge in [-0.05, 0) is 36.5 Å². The molecule has 2 heterocycles. The Morgan fingerprint density at radius 1 is 1.47 bits per heavy atom. The maximum absolute atomic E-state index is 5.47. The zero-order chi connectivity index (χ0) is 10.7. The third-order valence-corrected chi connectivity index (χ3v) is 3.18. The van der Waals surface area contributed by atoms with Crippen molar-refractivity contribution in [3.05, 3.63) is 34.4 Å². The van der Waals surface area contributed by atoms with E-state index in [0.717, 1.165) is 18.8 Å². The van der Waals surface area contributed by atoms with Gasteiger partial charge in [-0.25, -0.2) is 0 Å². The molecule has 2 nitrogen and oxygen atoms in total. The highest BCUT2D eigenvalue weighted by Gasteiger charge is 2.08. The molecule has 0 fully saturated rings. The summed E-state index contributed by atoms with van der Waals surface area (Å²) in [6, 6.07) is 4.24. The summed E-state index contributed by atoms with van der Waals surface area (Å²) < 4.78 is 5.47. The van der Waals surface area contributed by atoms with Crippen LogP contribution in [-0.2, 0) is 6.54 Å². The minimum atomic E-state index is 0.799. The first-order valence-corrected chi connectivity index (χ1v) is 6.02. The summed E-state index contributed by atoms with van der Waals surface area (Å²) in [5, 5.41) is 5.45. The van der Waals surface area contributed by atoms with Crippen LogP contribution in [0.3, 0.4) is 0 Å². The molecule has 0 amide bonds. The topological polar surface area (TPSA) is 25.2 Å². The van der Waals surface area contributed by atoms with E-state index in [1.807, 2.05) is 6.07 Å². The van der Waals surface area contributed by atoms with Crippen molar-refractivity contribution in [2.45, 2.75) is 20.4 Å². The van der Waals surface area contributed by atoms with Gasteiger partial charge in [0.05, 0.1) is 12.8 Å². The lowest BCUT2D eigenvalue weighted by Gasteiger charge is -2.00. The second kappa shape index (κ2) is 4.64. The molecule has 0 radical (unpaired) electrons. The normalized spacial score (nSPS) is 10.8. The Labute approximate surface area is 93.9 Å². The number of aryl methyl sites for hydroxylation is 1. The monoisotopic (exact) mass is 221 g/mol. The SMILES string of the molecule is CCNCc1occc1-c1csc(C)c1. The van der Waals surface area contributed by atoms with Crippen LogP contribution in [0.15, 0.2) is 28.2 Å². The largest absolute Gasteiger partial charge is 0.467 e. The summed E-state index contributed by atoms with van der Waals surface area (Å²) in [5.74, 6) is 1.02. The van der Waals surface area contributed by atoms with Crippen LogP contribution < -0.4 is 5.32 Å². The van der Waals surface area contributed by atoms with Gasteiger partial charge in [-0.15, -0.1) is 11.3 Å². The van der Waals surface area contributed by atoms with Gasteiger partial charge in [0.1, 0.15) is 5.76 Å². The molecule has 1 N–H and O–H groups in total. The quantitative estimate of drug-likeness (QED) is 0.855. The molecule has 3 heteroatoms. The third-order valence-electron chi connectivity index (χ3n) is 2.32. The molecule has 0 atom stereocenters. The van der Waals surface area contributed by atoms with Crippen LogP contribution in [-0.4, -0.2) is 6.54 Å². The Kier molecular flexibility index (Phi) is 3.23. The van der Waals surface area contributed by atoms with Crippen LogP contribution in [0.2, 0.25) is 0 Å². The van der Waals surface area contributed by atoms with Crippen LogP contribution in [0.1, 0.15) is 17.6 Å². The molecule has 15 heavy (non-hydrogen) atoms. The Hall–Kier alpha value is -1.06. The van der Waals surface area contributed by atoms with Crippen molar-refractivity contribution in [1.82, 2.24) is 5.32 Å². The Bertz CT molecular complexity index is 430. The first kappa shape index (κ1) is 10.5. The van der Waals surface area contributed by atoms with E-state index in [1.54, 1.807) is 17.6 Å². The van der Waals surface area contributed by atoms with E-state index in [9.17, 15) is 0 Å². The van der Waals surface area contributed by atoms with Gasteiger partial charge in [0.2, 0.25) is 0 Å². The van der Waals surface area contributed by atoms with Gasteiger partial charge in [0.25, 0.3) is 0 Å². The summed E-state index contributed by atoms with van der Waals surface area (Å²) in [5.41, 5.74) is 2.47. The molecule has 0 aliphatic rings. The number of rotatable bonds is 4. The fourth-order valence-corrected chi connectivity index (χ4v) is 2.26. The first-order chi connectivity index (χ1) is 7.31. The lowest BCUT2D eigenvalue weighted by atomic mass is 10.1. The molecule has 2 aromatic heterocycles. The molecular weight excluding hydrogens is 206 g/mol. The van der Waals surface area contributed by atoms with Crippen molar-refractivity contribution in [1.29, 1.82) is 0 Å². The molecule has 0 unspecified atom stereocenters. The van der Waals surface area contributed by atoms with Crippen molar-refractivity contribution in [3.8, 4) is 11.1 Å². The lowest BCUT2D eigenvalue weighted by Crippen LogP contribution is -2.11. The van der Waals surface area contributed by atoms with Gasteiger partial charge in [0, 0.05) is 10.4 Å². The van der Waals surface area contributed by atoms with Gasteiger partial charge in [-0.3, -0.25) is 0 Å². The number of nitrogens with one attached hydrogen (secondary N) is 1. The van der Waals surface area contributed by atoms with Crippen LogP contribution in [0, 0.1) is 6.92 Å². The van der Waals surface area contributed by atoms with E-state index < -0.39 is 0 Å². The zero-order valence-corrected chi connectivity index (χ0v) is 9.86. The van der Waals surface area contributed by atoms with Gasteiger partial charge in [-0.1, -0.05) is 6.92 Å². The molecule has 0 aliphatic carbocycles. The smallest absolute Gasteiger partial charge is 0.125 e. The highest BCUT2D eigenvalue weighted by Crippen LogP contribution is 2.28. The summed E-state index contributed by atoms with van der Waals surface area (Å²) in [6.07, 6.45) is 1.76. The number of hydrogen-bond donors (Lipinski definition) is 1. The lowest BCUT2D eigenvalue weighted by molar-refractivity contribution is 0.489. The van der Waals surface area contributed by atoms with E-state index in [0.29, 0.717) is 0 Å². The van der Waals surface area contributed by atoms with Gasteiger partial charge >= 0.3 is 0 Å². The maximum atomic E-state index is 5.47. The molecule has 0 spiro atoms. The summed E-state index contributed by atoms with van der Waals surface area (Å²) in [6.45, 7) is 5.98. The number of thiophene rings is 1. The minimum Gasteiger partial charge on any atom is -0.467 e. The number of hydrogen-bond acceptors (Lipinski definition) is 3. The molecule has 0 saturated carbocycles. The molecule has 2 rings (SSSR count). The van der Waals surface area contributed by atoms with Crippen LogP contribution >= 0.6 is 11.3 Å². The van der Waals surface area contributed by atoms with Crippen LogP contribution in [0.5, 0.6) is 0 Å². The van der Waals surface area contributed by atoms with Crippen LogP contribution in [0.25, 0.3) is 11.1 Å². The standard InChI is InChI=1S/C12H15NOS/c1-3-13-7-12-11(4-5-14-12)10-6-9(2)15-8-10/h4-6,8,13H,3,7H2,1-2H3. The van der Waals surface area contributed by atoms with Gasteiger partial charge < -0.3 is 9.73 Å². The third kappa shape index (κ3) is 2.30. The molecule has 0 bridgehead atoms. The second-order valence-corrected chi connectivity index (χ2v) is 4.60. The maximum Gasteiger partial charge on any atom is 0.125 e. The van der Waals surface area contributed by atoms with Crippen LogP contribution in [0.4, 0.5) is 0 Å². The fraction of sp³-hybridized carbons (Fsp3) is 0.333. The zero-order valence-electron chi connectivity index (χ0n) is 9.04. The fourth-order valence-electron chi connectivity index (χ4n) is 1.56. The Morgan fingerprint density at radius 3 is 3.00 bits per heavy atom. The average Bonchev–Trinajstić information content (AvgIpc) is 2.82. The second-order valence-electron chi connectivity index (χ2n) is 3.48. The summed E-state index contributed by atoms with van der Waals surface area (Å²) in [7, 11) is 0. The van der Waals surface area contributed by atoms with Crippen molar-refractivity contribution in [2.75, 3.05) is 6.54 Å². The van der Waals surface area contributed by atoms with E-state index in [-0.39, 0.29) is 0 Å².